The largest absolute Gasteiger partial charge is 0.465 e. The van der Waals surface area contributed by atoms with Crippen LogP contribution < -0.4 is 0 Å². The van der Waals surface area contributed by atoms with Gasteiger partial charge in [0.1, 0.15) is 0 Å². The molecule has 0 aliphatic heterocycles. The summed E-state index contributed by atoms with van der Waals surface area (Å²) in [7, 11) is 1.37. The Bertz CT molecular complexity index is 1350. The summed E-state index contributed by atoms with van der Waals surface area (Å²) in [6.45, 7) is 4.13. The highest BCUT2D eigenvalue weighted by Crippen LogP contribution is 2.35. The molecule has 0 amide bonds. The molecule has 0 aliphatic rings. The van der Waals surface area contributed by atoms with E-state index in [9.17, 15) is 9.59 Å². The first-order chi connectivity index (χ1) is 17.0. The molecule has 4 heteroatoms. The summed E-state index contributed by atoms with van der Waals surface area (Å²) in [5, 5.41) is 3.84. The van der Waals surface area contributed by atoms with E-state index in [4.69, 9.17) is 9.47 Å². The summed E-state index contributed by atoms with van der Waals surface area (Å²) in [4.78, 5) is 26.3. The minimum absolute atomic E-state index is 0.185. The van der Waals surface area contributed by atoms with E-state index in [1.807, 2.05) is 79.7 Å². The van der Waals surface area contributed by atoms with Crippen molar-refractivity contribution in [3.63, 3.8) is 0 Å². The van der Waals surface area contributed by atoms with Crippen LogP contribution >= 0.6 is 0 Å². The van der Waals surface area contributed by atoms with Gasteiger partial charge in [-0.1, -0.05) is 74.7 Å². The van der Waals surface area contributed by atoms with Crippen molar-refractivity contribution in [1.82, 2.24) is 0 Å². The highest BCUT2D eigenvalue weighted by molar-refractivity contribution is 6.09. The Kier molecular flexibility index (Phi) is 7.81. The van der Waals surface area contributed by atoms with Crippen LogP contribution in [0.25, 0.3) is 32.7 Å². The van der Waals surface area contributed by atoms with Crippen molar-refractivity contribution >= 4 is 33.5 Å². The lowest BCUT2D eigenvalue weighted by atomic mass is 9.90. The average molecular weight is 469 g/mol. The van der Waals surface area contributed by atoms with Gasteiger partial charge in [-0.3, -0.25) is 0 Å². The number of methoxy groups -OCH3 is 1. The third-order valence-electron chi connectivity index (χ3n) is 6.46. The lowest BCUT2D eigenvalue weighted by molar-refractivity contribution is 0.0320. The van der Waals surface area contributed by atoms with Gasteiger partial charge in [-0.05, 0) is 76.7 Å². The molecule has 0 unspecified atom stereocenters. The zero-order valence-corrected chi connectivity index (χ0v) is 20.7. The number of carbonyl (C=O) groups is 2. The first kappa shape index (κ1) is 24.5. The standard InChI is InChI=1S/C31H32O4/c1-4-5-6-7-12-21(2)35-31(33)29-20-25-16-11-9-14-23(25)18-27(29)26-17-22-13-8-10-15-24(22)19-28(26)30(32)34-3/h8-11,13-21H,4-7,12H2,1-3H3/t21-/m1/s1. The molecule has 0 radical (unpaired) electrons. The first-order valence-electron chi connectivity index (χ1n) is 12.4. The zero-order valence-electron chi connectivity index (χ0n) is 20.7. The molecule has 0 fully saturated rings. The van der Waals surface area contributed by atoms with Crippen molar-refractivity contribution in [3.05, 3.63) is 83.9 Å². The van der Waals surface area contributed by atoms with E-state index in [1.165, 1.54) is 20.0 Å². The van der Waals surface area contributed by atoms with Crippen molar-refractivity contribution in [2.45, 2.75) is 52.1 Å². The van der Waals surface area contributed by atoms with Crippen LogP contribution in [0.15, 0.2) is 72.8 Å². The molecule has 0 N–H and O–H groups in total. The van der Waals surface area contributed by atoms with Crippen LogP contribution in [0, 0.1) is 0 Å². The highest BCUT2D eigenvalue weighted by Gasteiger charge is 2.22. The van der Waals surface area contributed by atoms with Gasteiger partial charge in [0, 0.05) is 0 Å². The van der Waals surface area contributed by atoms with Crippen LogP contribution in [0.3, 0.4) is 0 Å². The monoisotopic (exact) mass is 468 g/mol. The number of unbranched alkanes of at least 4 members (excludes halogenated alkanes) is 3. The van der Waals surface area contributed by atoms with E-state index >= 15 is 0 Å². The van der Waals surface area contributed by atoms with Crippen molar-refractivity contribution in [2.75, 3.05) is 7.11 Å². The molecule has 0 spiro atoms. The normalized spacial score (nSPS) is 12.0. The number of carbonyl (C=O) groups excluding carboxylic acids is 2. The van der Waals surface area contributed by atoms with Gasteiger partial charge >= 0.3 is 11.9 Å². The summed E-state index contributed by atoms with van der Waals surface area (Å²) in [5.74, 6) is -0.819. The van der Waals surface area contributed by atoms with E-state index in [1.54, 1.807) is 0 Å². The Balaban J connectivity index is 1.81. The molecule has 4 aromatic carbocycles. The summed E-state index contributed by atoms with van der Waals surface area (Å²) in [6, 6.07) is 23.4. The van der Waals surface area contributed by atoms with Gasteiger partial charge in [-0.25, -0.2) is 9.59 Å². The minimum atomic E-state index is -0.442. The Hall–Kier alpha value is -3.66. The third kappa shape index (κ3) is 5.54. The van der Waals surface area contributed by atoms with Gasteiger partial charge < -0.3 is 9.47 Å². The Labute approximate surface area is 206 Å². The number of rotatable bonds is 9. The second-order valence-electron chi connectivity index (χ2n) is 9.05. The zero-order chi connectivity index (χ0) is 24.8. The maximum atomic E-state index is 13.5. The number of esters is 2. The minimum Gasteiger partial charge on any atom is -0.465 e. The molecule has 4 nitrogen and oxygen atoms in total. The number of fused-ring (bicyclic) bond motifs is 2. The van der Waals surface area contributed by atoms with Crippen molar-refractivity contribution in [1.29, 1.82) is 0 Å². The summed E-state index contributed by atoms with van der Waals surface area (Å²) in [5.41, 5.74) is 2.19. The van der Waals surface area contributed by atoms with Crippen LogP contribution in [0.2, 0.25) is 0 Å². The van der Waals surface area contributed by atoms with E-state index in [0.29, 0.717) is 22.3 Å². The fraction of sp³-hybridized carbons (Fsp3) is 0.290. The second kappa shape index (κ2) is 11.2. The molecule has 0 saturated carbocycles. The fourth-order valence-corrected chi connectivity index (χ4v) is 4.54. The van der Waals surface area contributed by atoms with Crippen molar-refractivity contribution in [2.24, 2.45) is 0 Å². The maximum absolute atomic E-state index is 13.5. The molecular weight excluding hydrogens is 436 g/mol. The molecule has 35 heavy (non-hydrogen) atoms. The molecule has 4 rings (SSSR count). The van der Waals surface area contributed by atoms with E-state index in [-0.39, 0.29) is 12.1 Å². The lowest BCUT2D eigenvalue weighted by Gasteiger charge is -2.18. The van der Waals surface area contributed by atoms with Crippen LogP contribution in [-0.4, -0.2) is 25.2 Å². The van der Waals surface area contributed by atoms with Crippen LogP contribution in [0.1, 0.15) is 66.7 Å². The smallest absolute Gasteiger partial charge is 0.339 e. The van der Waals surface area contributed by atoms with Gasteiger partial charge in [0.05, 0.1) is 24.3 Å². The van der Waals surface area contributed by atoms with E-state index in [0.717, 1.165) is 40.8 Å². The summed E-state index contributed by atoms with van der Waals surface area (Å²) >= 11 is 0. The third-order valence-corrected chi connectivity index (χ3v) is 6.46. The number of hydrogen-bond donors (Lipinski definition) is 0. The molecule has 0 bridgehead atoms. The van der Waals surface area contributed by atoms with Gasteiger partial charge in [0.25, 0.3) is 0 Å². The Morgan fingerprint density at radius 2 is 1.20 bits per heavy atom. The number of hydrogen-bond acceptors (Lipinski definition) is 4. The SMILES string of the molecule is CCCCCC[C@@H](C)OC(=O)c1cc2ccccc2cc1-c1cc2ccccc2cc1C(=O)OC. The number of benzene rings is 4. The van der Waals surface area contributed by atoms with Crippen molar-refractivity contribution in [3.8, 4) is 11.1 Å². The van der Waals surface area contributed by atoms with Gasteiger partial charge in [0.2, 0.25) is 0 Å². The Morgan fingerprint density at radius 1 is 0.714 bits per heavy atom. The molecule has 0 saturated heterocycles. The first-order valence-corrected chi connectivity index (χ1v) is 12.4. The Morgan fingerprint density at radius 3 is 1.69 bits per heavy atom. The summed E-state index contributed by atoms with van der Waals surface area (Å²) < 4.78 is 11.0. The molecule has 180 valence electrons. The van der Waals surface area contributed by atoms with Crippen LogP contribution in [-0.2, 0) is 9.47 Å². The maximum Gasteiger partial charge on any atom is 0.339 e. The fourth-order valence-electron chi connectivity index (χ4n) is 4.54. The number of ether oxygens (including phenoxy) is 2. The molecule has 0 heterocycles. The van der Waals surface area contributed by atoms with Crippen molar-refractivity contribution < 1.29 is 19.1 Å². The van der Waals surface area contributed by atoms with Gasteiger partial charge in [-0.2, -0.15) is 0 Å². The highest BCUT2D eigenvalue weighted by atomic mass is 16.5. The van der Waals surface area contributed by atoms with Gasteiger partial charge in [-0.15, -0.1) is 0 Å². The van der Waals surface area contributed by atoms with Crippen LogP contribution in [0.4, 0.5) is 0 Å². The van der Waals surface area contributed by atoms with Gasteiger partial charge in [0.15, 0.2) is 0 Å². The molecule has 1 atom stereocenters. The predicted octanol–water partition coefficient (Wildman–Crippen LogP) is 7.96. The quantitative estimate of drug-likeness (QED) is 0.185. The molecule has 0 aliphatic carbocycles. The van der Waals surface area contributed by atoms with Crippen LogP contribution in [0.5, 0.6) is 0 Å². The predicted molar refractivity (Wildman–Crippen MR) is 142 cm³/mol. The lowest BCUT2D eigenvalue weighted by Crippen LogP contribution is -2.16. The molecular formula is C31H32O4. The molecule has 4 aromatic rings. The summed E-state index contributed by atoms with van der Waals surface area (Å²) in [6.07, 6.45) is 5.17. The molecule has 0 aromatic heterocycles. The van der Waals surface area contributed by atoms with E-state index in [2.05, 4.69) is 6.92 Å². The second-order valence-corrected chi connectivity index (χ2v) is 9.05. The average Bonchev–Trinajstić information content (AvgIpc) is 2.89. The van der Waals surface area contributed by atoms with E-state index < -0.39 is 5.97 Å². The topological polar surface area (TPSA) is 52.6 Å².